The van der Waals surface area contributed by atoms with E-state index in [1.54, 1.807) is 0 Å². The Kier molecular flexibility index (Phi) is 7.49. The zero-order chi connectivity index (χ0) is 7.49. The third kappa shape index (κ3) is 11.7. The van der Waals surface area contributed by atoms with Crippen LogP contribution in [0.4, 0.5) is 0 Å². The van der Waals surface area contributed by atoms with Gasteiger partial charge in [-0.3, -0.25) is 4.55 Å². The maximum absolute atomic E-state index is 10.1. The van der Waals surface area contributed by atoms with Crippen LogP contribution < -0.4 is 29.6 Å². The van der Waals surface area contributed by atoms with Gasteiger partial charge in [0.05, 0.1) is 5.75 Å². The van der Waals surface area contributed by atoms with E-state index < -0.39 is 10.1 Å². The van der Waals surface area contributed by atoms with E-state index in [0.29, 0.717) is 12.3 Å². The van der Waals surface area contributed by atoms with E-state index in [9.17, 15) is 8.42 Å². The minimum absolute atomic E-state index is 0. The second-order valence-electron chi connectivity index (χ2n) is 2.47. The van der Waals surface area contributed by atoms with Gasteiger partial charge in [-0.1, -0.05) is 13.8 Å². The first-order chi connectivity index (χ1) is 3.92. The van der Waals surface area contributed by atoms with Crippen molar-refractivity contribution in [3.05, 3.63) is 0 Å². The summed E-state index contributed by atoms with van der Waals surface area (Å²) in [5.41, 5.74) is 0. The van der Waals surface area contributed by atoms with Crippen molar-refractivity contribution in [2.75, 3.05) is 5.75 Å². The van der Waals surface area contributed by atoms with Gasteiger partial charge in [-0.05, 0) is 12.3 Å². The Bertz CT molecular complexity index is 162. The normalized spacial score (nSPS) is 11.2. The Morgan fingerprint density at radius 3 is 1.90 bits per heavy atom. The molecular weight excluding hydrogens is 163 g/mol. The topological polar surface area (TPSA) is 54.4 Å². The van der Waals surface area contributed by atoms with Crippen LogP contribution in [0.5, 0.6) is 0 Å². The molecule has 0 heterocycles. The maximum atomic E-state index is 10.1. The minimum Gasteiger partial charge on any atom is -0.286 e. The summed E-state index contributed by atoms with van der Waals surface area (Å²) in [6.07, 6.45) is 0.527. The average Bonchev–Trinajstić information content (AvgIpc) is 1.59. The van der Waals surface area contributed by atoms with Crippen LogP contribution in [0.15, 0.2) is 0 Å². The summed E-state index contributed by atoms with van der Waals surface area (Å²) in [5, 5.41) is 0. The van der Waals surface area contributed by atoms with Crippen LogP contribution in [0.1, 0.15) is 20.3 Å². The molecule has 0 aliphatic carbocycles. The molecule has 0 unspecified atom stereocenters. The van der Waals surface area contributed by atoms with Crippen LogP contribution in [0.2, 0.25) is 0 Å². The van der Waals surface area contributed by atoms with E-state index in [4.69, 9.17) is 4.55 Å². The van der Waals surface area contributed by atoms with Crippen LogP contribution in [0, 0.1) is 5.92 Å². The summed E-state index contributed by atoms with van der Waals surface area (Å²) in [5.74, 6) is 0.205. The fourth-order valence-electron chi connectivity index (χ4n) is 0.385. The molecule has 1 N–H and O–H groups in total. The summed E-state index contributed by atoms with van der Waals surface area (Å²) in [4.78, 5) is 0. The Morgan fingerprint density at radius 1 is 1.40 bits per heavy atom. The van der Waals surface area contributed by atoms with Gasteiger partial charge in [-0.2, -0.15) is 8.42 Å². The zero-order valence-electron chi connectivity index (χ0n) is 6.66. The predicted octanol–water partition coefficient (Wildman–Crippen LogP) is -2.08. The fraction of sp³-hybridized carbons (Fsp3) is 1.00. The molecule has 0 rings (SSSR count). The first-order valence-corrected chi connectivity index (χ1v) is 4.48. The summed E-state index contributed by atoms with van der Waals surface area (Å²) < 4.78 is 28.4. The van der Waals surface area contributed by atoms with Crippen molar-refractivity contribution in [2.24, 2.45) is 5.92 Å². The van der Waals surface area contributed by atoms with E-state index in [0.717, 1.165) is 0 Å². The second kappa shape index (κ2) is 5.55. The summed E-state index contributed by atoms with van der Waals surface area (Å²) in [6.45, 7) is 3.82. The average molecular weight is 175 g/mol. The van der Waals surface area contributed by atoms with Gasteiger partial charge in [-0.15, -0.1) is 0 Å². The Balaban J connectivity index is 0. The molecular formula is C5H12NaO3S+. The van der Waals surface area contributed by atoms with Crippen molar-refractivity contribution < 1.29 is 42.5 Å². The molecule has 0 spiro atoms. The molecule has 0 amide bonds. The van der Waals surface area contributed by atoms with Crippen molar-refractivity contribution in [1.82, 2.24) is 0 Å². The predicted molar refractivity (Wildman–Crippen MR) is 35.9 cm³/mol. The van der Waals surface area contributed by atoms with Crippen molar-refractivity contribution >= 4 is 10.1 Å². The van der Waals surface area contributed by atoms with Gasteiger partial charge in [0.1, 0.15) is 0 Å². The molecule has 0 aromatic carbocycles. The minimum atomic E-state index is -3.72. The van der Waals surface area contributed by atoms with Gasteiger partial charge < -0.3 is 0 Å². The maximum Gasteiger partial charge on any atom is 1.00 e. The van der Waals surface area contributed by atoms with Gasteiger partial charge >= 0.3 is 29.6 Å². The smallest absolute Gasteiger partial charge is 0.286 e. The van der Waals surface area contributed by atoms with E-state index in [2.05, 4.69) is 0 Å². The van der Waals surface area contributed by atoms with Crippen LogP contribution >= 0.6 is 0 Å². The number of rotatable bonds is 3. The Morgan fingerprint density at radius 2 is 1.80 bits per heavy atom. The van der Waals surface area contributed by atoms with Crippen LogP contribution in [-0.4, -0.2) is 18.7 Å². The summed E-state index contributed by atoms with van der Waals surface area (Å²) in [7, 11) is -3.72. The molecule has 0 atom stereocenters. The van der Waals surface area contributed by atoms with Crippen molar-refractivity contribution in [3.63, 3.8) is 0 Å². The van der Waals surface area contributed by atoms with Gasteiger partial charge in [-0.25, -0.2) is 0 Å². The first kappa shape index (κ1) is 13.5. The Hall–Kier alpha value is 0.910. The molecule has 10 heavy (non-hydrogen) atoms. The standard InChI is InChI=1S/C5H12O3S.Na/c1-5(2)3-4-9(6,7)8;/h5H,3-4H2,1-2H3,(H,6,7,8);/q;+1. The van der Waals surface area contributed by atoms with Crippen LogP contribution in [0.25, 0.3) is 0 Å². The second-order valence-corrected chi connectivity index (χ2v) is 4.04. The molecule has 3 nitrogen and oxygen atoms in total. The monoisotopic (exact) mass is 175 g/mol. The number of hydrogen-bond donors (Lipinski definition) is 1. The number of hydrogen-bond acceptors (Lipinski definition) is 2. The molecule has 0 fully saturated rings. The van der Waals surface area contributed by atoms with Crippen molar-refractivity contribution in [3.8, 4) is 0 Å². The quantitative estimate of drug-likeness (QED) is 0.396. The Labute approximate surface area is 84.2 Å². The summed E-state index contributed by atoms with van der Waals surface area (Å²) >= 11 is 0. The van der Waals surface area contributed by atoms with E-state index in [1.165, 1.54) is 0 Å². The van der Waals surface area contributed by atoms with Gasteiger partial charge in [0.2, 0.25) is 0 Å². The molecule has 5 heteroatoms. The SMILES string of the molecule is CC(C)CCS(=O)(=O)O.[Na+]. The van der Waals surface area contributed by atoms with Crippen molar-refractivity contribution in [2.45, 2.75) is 20.3 Å². The third-order valence-corrected chi connectivity index (χ3v) is 1.70. The van der Waals surface area contributed by atoms with Crippen LogP contribution in [0.3, 0.4) is 0 Å². The molecule has 0 aromatic rings. The van der Waals surface area contributed by atoms with Crippen LogP contribution in [-0.2, 0) is 10.1 Å². The zero-order valence-corrected chi connectivity index (χ0v) is 9.48. The van der Waals surface area contributed by atoms with Gasteiger partial charge in [0.25, 0.3) is 10.1 Å². The molecule has 0 aromatic heterocycles. The molecule has 0 bridgehead atoms. The molecule has 56 valence electrons. The van der Waals surface area contributed by atoms with Gasteiger partial charge in [0.15, 0.2) is 0 Å². The molecule has 0 saturated carbocycles. The fourth-order valence-corrected chi connectivity index (χ4v) is 1.15. The largest absolute Gasteiger partial charge is 1.00 e. The molecule has 0 aliphatic rings. The van der Waals surface area contributed by atoms with Gasteiger partial charge in [0, 0.05) is 0 Å². The molecule has 0 saturated heterocycles. The van der Waals surface area contributed by atoms with Crippen molar-refractivity contribution in [1.29, 1.82) is 0 Å². The molecule has 0 aliphatic heterocycles. The third-order valence-electron chi connectivity index (χ3n) is 0.953. The molecule has 0 radical (unpaired) electrons. The van der Waals surface area contributed by atoms with E-state index in [-0.39, 0.29) is 35.3 Å². The first-order valence-electron chi connectivity index (χ1n) is 2.87. The van der Waals surface area contributed by atoms with E-state index in [1.807, 2.05) is 13.8 Å². The summed E-state index contributed by atoms with van der Waals surface area (Å²) in [6, 6.07) is 0. The van der Waals surface area contributed by atoms with E-state index >= 15 is 0 Å².